The van der Waals surface area contributed by atoms with Gasteiger partial charge in [0.05, 0.1) is 5.56 Å². The minimum absolute atomic E-state index is 0.117. The van der Waals surface area contributed by atoms with Crippen LogP contribution >= 0.6 is 0 Å². The van der Waals surface area contributed by atoms with Gasteiger partial charge in [0.15, 0.2) is 0 Å². The van der Waals surface area contributed by atoms with Crippen LogP contribution in [0.15, 0.2) is 12.1 Å². The maximum absolute atomic E-state index is 12.7. The zero-order valence-corrected chi connectivity index (χ0v) is 10.9. The molecular formula is C12H17F3N4. The number of nitrogens with zero attached hydrogens (tertiary/aromatic N) is 2. The molecule has 0 radical (unpaired) electrons. The Morgan fingerprint density at radius 2 is 2.00 bits per heavy atom. The van der Waals surface area contributed by atoms with Gasteiger partial charge in [0.1, 0.15) is 17.3 Å². The number of anilines is 1. The number of amidine groups is 1. The molecule has 0 aliphatic rings. The summed E-state index contributed by atoms with van der Waals surface area (Å²) in [5.41, 5.74) is 4.65. The Morgan fingerprint density at radius 1 is 1.37 bits per heavy atom. The van der Waals surface area contributed by atoms with Crippen molar-refractivity contribution in [1.29, 1.82) is 5.41 Å². The summed E-state index contributed by atoms with van der Waals surface area (Å²) in [6.07, 6.45) is -3.74. The van der Waals surface area contributed by atoms with Gasteiger partial charge in [0.25, 0.3) is 0 Å². The number of nitrogens with two attached hydrogens (primary N) is 1. The summed E-state index contributed by atoms with van der Waals surface area (Å²) in [5.74, 6) is -0.169. The molecule has 106 valence electrons. The van der Waals surface area contributed by atoms with Gasteiger partial charge in [-0.3, -0.25) is 5.41 Å². The standard InChI is InChI=1S/C12H17F3N4/c1-3-7-19(4-2)11-8(10(16)17)5-6-9(18-11)12(13,14)15/h5-6H,3-4,7H2,1-2H3,(H3,16,17). The summed E-state index contributed by atoms with van der Waals surface area (Å²) in [6.45, 7) is 4.80. The van der Waals surface area contributed by atoms with Crippen molar-refractivity contribution in [3.63, 3.8) is 0 Å². The van der Waals surface area contributed by atoms with Crippen molar-refractivity contribution in [3.8, 4) is 0 Å². The summed E-state index contributed by atoms with van der Waals surface area (Å²) in [5, 5.41) is 7.43. The minimum Gasteiger partial charge on any atom is -0.384 e. The van der Waals surface area contributed by atoms with Gasteiger partial charge >= 0.3 is 6.18 Å². The van der Waals surface area contributed by atoms with Gasteiger partial charge in [0, 0.05) is 13.1 Å². The molecule has 0 bridgehead atoms. The highest BCUT2D eigenvalue weighted by Gasteiger charge is 2.33. The molecule has 0 spiro atoms. The lowest BCUT2D eigenvalue weighted by molar-refractivity contribution is -0.141. The van der Waals surface area contributed by atoms with E-state index in [1.807, 2.05) is 13.8 Å². The van der Waals surface area contributed by atoms with E-state index in [9.17, 15) is 13.2 Å². The molecule has 4 nitrogen and oxygen atoms in total. The topological polar surface area (TPSA) is 66.0 Å². The van der Waals surface area contributed by atoms with E-state index in [4.69, 9.17) is 11.1 Å². The quantitative estimate of drug-likeness (QED) is 0.640. The Balaban J connectivity index is 3.33. The molecule has 0 amide bonds. The highest BCUT2D eigenvalue weighted by Crippen LogP contribution is 2.30. The molecule has 0 fully saturated rings. The van der Waals surface area contributed by atoms with Crippen molar-refractivity contribution >= 4 is 11.7 Å². The molecule has 0 aromatic carbocycles. The predicted octanol–water partition coefficient (Wildman–Crippen LogP) is 2.62. The second-order valence-corrected chi connectivity index (χ2v) is 4.06. The first-order valence-corrected chi connectivity index (χ1v) is 5.98. The summed E-state index contributed by atoms with van der Waals surface area (Å²) in [6, 6.07) is 2.05. The van der Waals surface area contributed by atoms with Crippen molar-refractivity contribution in [2.75, 3.05) is 18.0 Å². The second-order valence-electron chi connectivity index (χ2n) is 4.06. The maximum atomic E-state index is 12.7. The van der Waals surface area contributed by atoms with E-state index in [1.165, 1.54) is 6.07 Å². The fraction of sp³-hybridized carbons (Fsp3) is 0.500. The van der Waals surface area contributed by atoms with Gasteiger partial charge in [-0.2, -0.15) is 13.2 Å². The third-order valence-electron chi connectivity index (χ3n) is 2.63. The monoisotopic (exact) mass is 274 g/mol. The van der Waals surface area contributed by atoms with E-state index in [0.29, 0.717) is 13.1 Å². The number of hydrogen-bond donors (Lipinski definition) is 2. The highest BCUT2D eigenvalue weighted by molar-refractivity contribution is 5.99. The molecule has 0 aliphatic carbocycles. The molecule has 0 saturated heterocycles. The Kier molecular flexibility index (Phi) is 4.74. The molecule has 0 saturated carbocycles. The number of pyridine rings is 1. The molecule has 7 heteroatoms. The zero-order valence-electron chi connectivity index (χ0n) is 10.9. The van der Waals surface area contributed by atoms with E-state index in [1.54, 1.807) is 4.90 Å². The number of nitrogens with one attached hydrogen (secondary N) is 1. The average Bonchev–Trinajstić information content (AvgIpc) is 2.34. The molecular weight excluding hydrogens is 257 g/mol. The third-order valence-corrected chi connectivity index (χ3v) is 2.63. The Bertz CT molecular complexity index is 457. The predicted molar refractivity (Wildman–Crippen MR) is 68.4 cm³/mol. The molecule has 0 aliphatic heterocycles. The summed E-state index contributed by atoms with van der Waals surface area (Å²) >= 11 is 0. The van der Waals surface area contributed by atoms with Gasteiger partial charge in [-0.1, -0.05) is 6.92 Å². The Hall–Kier alpha value is -1.79. The van der Waals surface area contributed by atoms with Crippen LogP contribution in [0.3, 0.4) is 0 Å². The Labute approximate surface area is 109 Å². The fourth-order valence-corrected chi connectivity index (χ4v) is 1.74. The van der Waals surface area contributed by atoms with Crippen molar-refractivity contribution < 1.29 is 13.2 Å². The van der Waals surface area contributed by atoms with Crippen LogP contribution in [0, 0.1) is 5.41 Å². The van der Waals surface area contributed by atoms with Crippen molar-refractivity contribution in [1.82, 2.24) is 4.98 Å². The smallest absolute Gasteiger partial charge is 0.384 e. The van der Waals surface area contributed by atoms with E-state index in [-0.39, 0.29) is 17.2 Å². The SMILES string of the molecule is CCCN(CC)c1nc(C(F)(F)F)ccc1C(=N)N. The normalized spacial score (nSPS) is 11.4. The van der Waals surface area contributed by atoms with Gasteiger partial charge in [-0.25, -0.2) is 4.98 Å². The molecule has 1 aromatic rings. The van der Waals surface area contributed by atoms with Crippen molar-refractivity contribution in [2.24, 2.45) is 5.73 Å². The van der Waals surface area contributed by atoms with E-state index >= 15 is 0 Å². The molecule has 3 N–H and O–H groups in total. The van der Waals surface area contributed by atoms with Gasteiger partial charge in [-0.05, 0) is 25.5 Å². The molecule has 1 heterocycles. The maximum Gasteiger partial charge on any atom is 0.433 e. The zero-order chi connectivity index (χ0) is 14.6. The number of nitrogen functional groups attached to an aromatic ring is 1. The van der Waals surface area contributed by atoms with Crippen molar-refractivity contribution in [2.45, 2.75) is 26.4 Å². The summed E-state index contributed by atoms with van der Waals surface area (Å²) < 4.78 is 38.1. The first kappa shape index (κ1) is 15.3. The van der Waals surface area contributed by atoms with Gasteiger partial charge < -0.3 is 10.6 Å². The lowest BCUT2D eigenvalue weighted by atomic mass is 10.2. The number of halogens is 3. The molecule has 0 atom stereocenters. The number of hydrogen-bond acceptors (Lipinski definition) is 3. The summed E-state index contributed by atoms with van der Waals surface area (Å²) in [7, 11) is 0. The van der Waals surface area contributed by atoms with Gasteiger partial charge in [0.2, 0.25) is 0 Å². The van der Waals surface area contributed by atoms with Crippen LogP contribution < -0.4 is 10.6 Å². The number of alkyl halides is 3. The van der Waals surface area contributed by atoms with E-state index in [2.05, 4.69) is 4.98 Å². The van der Waals surface area contributed by atoms with Crippen molar-refractivity contribution in [3.05, 3.63) is 23.4 Å². The van der Waals surface area contributed by atoms with Crippen LogP contribution in [0.25, 0.3) is 0 Å². The number of rotatable bonds is 5. The second kappa shape index (κ2) is 5.90. The van der Waals surface area contributed by atoms with E-state index in [0.717, 1.165) is 12.5 Å². The van der Waals surface area contributed by atoms with Crippen LogP contribution in [-0.4, -0.2) is 23.9 Å². The van der Waals surface area contributed by atoms with Gasteiger partial charge in [-0.15, -0.1) is 0 Å². The highest BCUT2D eigenvalue weighted by atomic mass is 19.4. The van der Waals surface area contributed by atoms with Crippen LogP contribution in [0.4, 0.5) is 19.0 Å². The third kappa shape index (κ3) is 3.59. The average molecular weight is 274 g/mol. The fourth-order valence-electron chi connectivity index (χ4n) is 1.74. The first-order chi connectivity index (χ1) is 8.81. The summed E-state index contributed by atoms with van der Waals surface area (Å²) in [4.78, 5) is 5.32. The van der Waals surface area contributed by atoms with Crippen LogP contribution in [0.2, 0.25) is 0 Å². The van der Waals surface area contributed by atoms with Crippen LogP contribution in [0.1, 0.15) is 31.5 Å². The minimum atomic E-state index is -4.50. The van der Waals surface area contributed by atoms with Crippen LogP contribution in [0.5, 0.6) is 0 Å². The lowest BCUT2D eigenvalue weighted by Gasteiger charge is -2.24. The molecule has 0 unspecified atom stereocenters. The molecule has 19 heavy (non-hydrogen) atoms. The van der Waals surface area contributed by atoms with Crippen LogP contribution in [-0.2, 0) is 6.18 Å². The molecule has 1 aromatic heterocycles. The Morgan fingerprint density at radius 3 is 2.42 bits per heavy atom. The largest absolute Gasteiger partial charge is 0.433 e. The lowest BCUT2D eigenvalue weighted by Crippen LogP contribution is -2.29. The number of aromatic nitrogens is 1. The first-order valence-electron chi connectivity index (χ1n) is 5.98. The van der Waals surface area contributed by atoms with E-state index < -0.39 is 11.9 Å². The molecule has 1 rings (SSSR count).